The van der Waals surface area contributed by atoms with Gasteiger partial charge in [0.05, 0.1) is 25.7 Å². The molecule has 0 bridgehead atoms. The van der Waals surface area contributed by atoms with Crippen molar-refractivity contribution < 1.29 is 9.53 Å². The Morgan fingerprint density at radius 1 is 1.10 bits per heavy atom. The molecule has 0 saturated carbocycles. The van der Waals surface area contributed by atoms with Crippen LogP contribution in [0.3, 0.4) is 0 Å². The predicted octanol–water partition coefficient (Wildman–Crippen LogP) is 1.69. The maximum Gasteiger partial charge on any atom is 0.232 e. The number of nitrogens with zero attached hydrogens (tertiary/aromatic N) is 3. The molecule has 7 nitrogen and oxygen atoms in total. The van der Waals surface area contributed by atoms with Crippen LogP contribution in [0.5, 0.6) is 0 Å². The molecule has 1 amide bonds. The number of carbonyl (C=O) groups is 1. The van der Waals surface area contributed by atoms with E-state index in [0.29, 0.717) is 32.8 Å². The van der Waals surface area contributed by atoms with Gasteiger partial charge < -0.3 is 24.8 Å². The molecule has 1 saturated heterocycles. The number of guanidine groups is 1. The van der Waals surface area contributed by atoms with Crippen LogP contribution >= 0.6 is 0 Å². The van der Waals surface area contributed by atoms with E-state index >= 15 is 0 Å². The highest BCUT2D eigenvalue weighted by Gasteiger charge is 2.27. The summed E-state index contributed by atoms with van der Waals surface area (Å²) in [7, 11) is 0. The number of benzene rings is 1. The summed E-state index contributed by atoms with van der Waals surface area (Å²) in [5.74, 6) is 0.552. The molecule has 2 N–H and O–H groups in total. The second-order valence-corrected chi connectivity index (χ2v) is 6.97. The van der Waals surface area contributed by atoms with E-state index in [1.165, 1.54) is 0 Å². The van der Waals surface area contributed by atoms with Crippen molar-refractivity contribution in [3.05, 3.63) is 60.4 Å². The third-order valence-electron chi connectivity index (χ3n) is 4.93. The van der Waals surface area contributed by atoms with Gasteiger partial charge in [-0.2, -0.15) is 0 Å². The maximum atomic E-state index is 13.2. The van der Waals surface area contributed by atoms with Gasteiger partial charge in [-0.3, -0.25) is 9.79 Å². The van der Waals surface area contributed by atoms with Crippen molar-refractivity contribution in [2.45, 2.75) is 19.4 Å². The number of ether oxygens (including phenoxy) is 1. The summed E-state index contributed by atoms with van der Waals surface area (Å²) in [6.45, 7) is 7.29. The van der Waals surface area contributed by atoms with Gasteiger partial charge in [0.25, 0.3) is 0 Å². The fourth-order valence-electron chi connectivity index (χ4n) is 3.36. The van der Waals surface area contributed by atoms with Crippen LogP contribution in [-0.4, -0.2) is 67.3 Å². The molecule has 1 fully saturated rings. The van der Waals surface area contributed by atoms with Gasteiger partial charge in [-0.15, -0.1) is 0 Å². The van der Waals surface area contributed by atoms with Gasteiger partial charge >= 0.3 is 0 Å². The Labute approximate surface area is 172 Å². The number of morpholine rings is 1. The van der Waals surface area contributed by atoms with Crippen molar-refractivity contribution in [3.63, 3.8) is 0 Å². The fraction of sp³-hybridized carbons (Fsp3) is 0.455. The van der Waals surface area contributed by atoms with Gasteiger partial charge in [-0.25, -0.2) is 0 Å². The smallest absolute Gasteiger partial charge is 0.232 e. The number of rotatable bonds is 8. The van der Waals surface area contributed by atoms with Crippen molar-refractivity contribution >= 4 is 11.9 Å². The summed E-state index contributed by atoms with van der Waals surface area (Å²) in [6.07, 6.45) is 4.08. The Morgan fingerprint density at radius 3 is 2.52 bits per heavy atom. The molecule has 156 valence electrons. The molecule has 1 aromatic heterocycles. The van der Waals surface area contributed by atoms with Crippen molar-refractivity contribution in [1.82, 2.24) is 20.1 Å². The molecule has 1 aliphatic heterocycles. The number of amides is 1. The van der Waals surface area contributed by atoms with Crippen molar-refractivity contribution in [2.24, 2.45) is 4.99 Å². The standard InChI is InChI=1S/C22H31N5O2/c1-2-23-22(24-10-13-26-11-6-7-12-26)25-18-20(19-8-4-3-5-9-19)21(28)27-14-16-29-17-15-27/h3-9,11-12,20H,2,10,13-18H2,1H3,(H2,23,24,25). The summed E-state index contributed by atoms with van der Waals surface area (Å²) in [5.41, 5.74) is 0.996. The number of nitrogens with one attached hydrogen (secondary N) is 2. The van der Waals surface area contributed by atoms with Crippen LogP contribution < -0.4 is 10.6 Å². The van der Waals surface area contributed by atoms with E-state index in [1.54, 1.807) is 0 Å². The molecule has 2 heterocycles. The normalized spacial score (nSPS) is 15.8. The molecule has 0 spiro atoms. The Hall–Kier alpha value is -2.80. The third kappa shape index (κ3) is 6.35. The molecule has 1 atom stereocenters. The molecule has 0 aliphatic carbocycles. The zero-order valence-electron chi connectivity index (χ0n) is 17.1. The first kappa shape index (κ1) is 20.9. The summed E-state index contributed by atoms with van der Waals surface area (Å²) in [5, 5.41) is 6.63. The zero-order valence-corrected chi connectivity index (χ0v) is 17.1. The van der Waals surface area contributed by atoms with E-state index in [9.17, 15) is 4.79 Å². The van der Waals surface area contributed by atoms with Crippen LogP contribution in [0.1, 0.15) is 18.4 Å². The monoisotopic (exact) mass is 397 g/mol. The van der Waals surface area contributed by atoms with Crippen LogP contribution in [0.25, 0.3) is 0 Å². The highest BCUT2D eigenvalue weighted by atomic mass is 16.5. The number of hydrogen-bond donors (Lipinski definition) is 2. The second kappa shape index (κ2) is 11.3. The van der Waals surface area contributed by atoms with Gasteiger partial charge in [-0.1, -0.05) is 30.3 Å². The maximum absolute atomic E-state index is 13.2. The Kier molecular flexibility index (Phi) is 8.12. The molecule has 0 radical (unpaired) electrons. The van der Waals surface area contributed by atoms with E-state index in [-0.39, 0.29) is 11.8 Å². The first-order valence-corrected chi connectivity index (χ1v) is 10.3. The minimum atomic E-state index is -0.297. The number of aromatic nitrogens is 1. The van der Waals surface area contributed by atoms with Gasteiger partial charge in [0.2, 0.25) is 5.91 Å². The average molecular weight is 398 g/mol. The molecule has 3 rings (SSSR count). The van der Waals surface area contributed by atoms with Gasteiger partial charge in [-0.05, 0) is 24.6 Å². The van der Waals surface area contributed by atoms with E-state index in [2.05, 4.69) is 15.2 Å². The lowest BCUT2D eigenvalue weighted by atomic mass is 9.97. The van der Waals surface area contributed by atoms with Gasteiger partial charge in [0, 0.05) is 45.1 Å². The summed E-state index contributed by atoms with van der Waals surface area (Å²) in [4.78, 5) is 19.8. The highest BCUT2D eigenvalue weighted by molar-refractivity contribution is 5.85. The number of aliphatic imine (C=N–C) groups is 1. The first-order chi connectivity index (χ1) is 14.3. The first-order valence-electron chi connectivity index (χ1n) is 10.3. The topological polar surface area (TPSA) is 70.9 Å². The summed E-state index contributed by atoms with van der Waals surface area (Å²) in [6, 6.07) is 14.0. The van der Waals surface area contributed by atoms with Crippen molar-refractivity contribution in [3.8, 4) is 0 Å². The average Bonchev–Trinajstić information content (AvgIpc) is 3.28. The third-order valence-corrected chi connectivity index (χ3v) is 4.93. The van der Waals surface area contributed by atoms with Crippen LogP contribution in [0.4, 0.5) is 0 Å². The zero-order chi connectivity index (χ0) is 20.3. The molecule has 7 heteroatoms. The van der Waals surface area contributed by atoms with Crippen LogP contribution in [-0.2, 0) is 16.1 Å². The fourth-order valence-corrected chi connectivity index (χ4v) is 3.36. The van der Waals surface area contributed by atoms with Crippen LogP contribution in [0.2, 0.25) is 0 Å². The Balaban J connectivity index is 1.67. The van der Waals surface area contributed by atoms with E-state index in [1.807, 2.05) is 66.7 Å². The molecular weight excluding hydrogens is 366 g/mol. The van der Waals surface area contributed by atoms with E-state index in [0.717, 1.165) is 31.2 Å². The summed E-state index contributed by atoms with van der Waals surface area (Å²) < 4.78 is 7.51. The van der Waals surface area contributed by atoms with E-state index in [4.69, 9.17) is 9.73 Å². The van der Waals surface area contributed by atoms with E-state index < -0.39 is 0 Å². The SMILES string of the molecule is CCNC(=NCC(C(=O)N1CCOCC1)c1ccccc1)NCCn1cccc1. The quantitative estimate of drug-likeness (QED) is 0.525. The largest absolute Gasteiger partial charge is 0.378 e. The Bertz CT molecular complexity index is 755. The molecular formula is C22H31N5O2. The molecule has 1 aromatic carbocycles. The second-order valence-electron chi connectivity index (χ2n) is 6.97. The lowest BCUT2D eigenvalue weighted by Crippen LogP contribution is -2.44. The minimum Gasteiger partial charge on any atom is -0.378 e. The van der Waals surface area contributed by atoms with Gasteiger partial charge in [0.1, 0.15) is 0 Å². The lowest BCUT2D eigenvalue weighted by Gasteiger charge is -2.30. The summed E-state index contributed by atoms with van der Waals surface area (Å²) >= 11 is 0. The molecule has 1 unspecified atom stereocenters. The molecule has 2 aromatic rings. The minimum absolute atomic E-state index is 0.117. The number of hydrogen-bond acceptors (Lipinski definition) is 3. The Morgan fingerprint density at radius 2 is 1.83 bits per heavy atom. The van der Waals surface area contributed by atoms with Crippen molar-refractivity contribution in [1.29, 1.82) is 0 Å². The predicted molar refractivity (Wildman–Crippen MR) is 115 cm³/mol. The van der Waals surface area contributed by atoms with Crippen LogP contribution in [0, 0.1) is 0 Å². The lowest BCUT2D eigenvalue weighted by molar-refractivity contribution is -0.136. The highest BCUT2D eigenvalue weighted by Crippen LogP contribution is 2.20. The number of carbonyl (C=O) groups excluding carboxylic acids is 1. The van der Waals surface area contributed by atoms with Crippen molar-refractivity contribution in [2.75, 3.05) is 45.9 Å². The van der Waals surface area contributed by atoms with Crippen LogP contribution in [0.15, 0.2) is 59.9 Å². The van der Waals surface area contributed by atoms with Gasteiger partial charge in [0.15, 0.2) is 5.96 Å². The molecule has 29 heavy (non-hydrogen) atoms. The molecule has 1 aliphatic rings.